The van der Waals surface area contributed by atoms with E-state index in [1.807, 2.05) is 59.3 Å². The third kappa shape index (κ3) is 3.62. The van der Waals surface area contributed by atoms with Crippen molar-refractivity contribution in [2.45, 2.75) is 0 Å². The Labute approximate surface area is 162 Å². The lowest BCUT2D eigenvalue weighted by molar-refractivity contribution is 0.146. The van der Waals surface area contributed by atoms with Crippen molar-refractivity contribution >= 4 is 16.6 Å². The van der Waals surface area contributed by atoms with E-state index in [-0.39, 0.29) is 0 Å². The van der Waals surface area contributed by atoms with E-state index in [1.165, 1.54) is 0 Å². The van der Waals surface area contributed by atoms with E-state index >= 15 is 0 Å². The lowest BCUT2D eigenvalue weighted by atomic mass is 10.1. The minimum absolute atomic E-state index is 0.451. The molecule has 144 valence electrons. The van der Waals surface area contributed by atoms with Gasteiger partial charge in [0.05, 0.1) is 24.2 Å². The molecular weight excluding hydrogens is 356 g/mol. The highest BCUT2D eigenvalue weighted by molar-refractivity contribution is 5.86. The van der Waals surface area contributed by atoms with Gasteiger partial charge in [0, 0.05) is 31.3 Å². The minimum atomic E-state index is 0.451. The Bertz CT molecular complexity index is 1090. The molecule has 7 heteroatoms. The zero-order valence-corrected chi connectivity index (χ0v) is 15.7. The molecule has 0 aliphatic heterocycles. The van der Waals surface area contributed by atoms with Crippen molar-refractivity contribution in [1.82, 2.24) is 14.4 Å². The number of fused-ring (bicyclic) bond motifs is 2. The first-order valence-electron chi connectivity index (χ1n) is 9.12. The molecule has 28 heavy (non-hydrogen) atoms. The number of pyridine rings is 2. The summed E-state index contributed by atoms with van der Waals surface area (Å²) in [5, 5.41) is 1.01. The molecule has 3 heterocycles. The first-order chi connectivity index (χ1) is 13.8. The summed E-state index contributed by atoms with van der Waals surface area (Å²) in [5.74, 6) is 1.48. The van der Waals surface area contributed by atoms with Crippen LogP contribution in [0.5, 0.6) is 11.5 Å². The fourth-order valence-electron chi connectivity index (χ4n) is 3.03. The van der Waals surface area contributed by atoms with Gasteiger partial charge in [-0.2, -0.15) is 0 Å². The topological polar surface area (TPSA) is 83.9 Å². The maximum Gasteiger partial charge on any atom is 0.145 e. The summed E-state index contributed by atoms with van der Waals surface area (Å²) in [7, 11) is 1.65. The first-order valence-corrected chi connectivity index (χ1v) is 9.12. The standard InChI is InChI=1S/C21H22N4O3/c1-26-11-12-27-16-7-9-25-18(14-23-20(25)13-16)17-6-5-15-3-2-4-19(21(15)24-17)28-10-8-22/h2-7,9,13-14H,8,10-12,22H2,1H3. The van der Waals surface area contributed by atoms with Gasteiger partial charge in [-0.05, 0) is 18.2 Å². The average molecular weight is 378 g/mol. The third-order valence-electron chi connectivity index (χ3n) is 4.36. The second-order valence-electron chi connectivity index (χ2n) is 6.24. The number of hydrogen-bond acceptors (Lipinski definition) is 6. The lowest BCUT2D eigenvalue weighted by Crippen LogP contribution is -2.10. The predicted octanol–water partition coefficient (Wildman–Crippen LogP) is 2.91. The van der Waals surface area contributed by atoms with Crippen LogP contribution in [0.4, 0.5) is 0 Å². The number of para-hydroxylation sites is 1. The number of hydrogen-bond donors (Lipinski definition) is 1. The number of ether oxygens (including phenoxy) is 3. The van der Waals surface area contributed by atoms with Gasteiger partial charge in [-0.3, -0.25) is 4.40 Å². The highest BCUT2D eigenvalue weighted by Gasteiger charge is 2.11. The summed E-state index contributed by atoms with van der Waals surface area (Å²) in [4.78, 5) is 9.33. The third-order valence-corrected chi connectivity index (χ3v) is 4.36. The fraction of sp³-hybridized carbons (Fsp3) is 0.238. The Morgan fingerprint density at radius 1 is 1.04 bits per heavy atom. The van der Waals surface area contributed by atoms with Crippen molar-refractivity contribution < 1.29 is 14.2 Å². The monoisotopic (exact) mass is 378 g/mol. The van der Waals surface area contributed by atoms with Crippen molar-refractivity contribution in [2.75, 3.05) is 33.5 Å². The van der Waals surface area contributed by atoms with Gasteiger partial charge in [0.1, 0.15) is 35.9 Å². The lowest BCUT2D eigenvalue weighted by Gasteiger charge is -2.09. The van der Waals surface area contributed by atoms with Crippen molar-refractivity contribution in [3.05, 3.63) is 54.9 Å². The zero-order chi connectivity index (χ0) is 19.3. The molecule has 7 nitrogen and oxygen atoms in total. The van der Waals surface area contributed by atoms with Crippen LogP contribution in [0.15, 0.2) is 54.9 Å². The van der Waals surface area contributed by atoms with Crippen molar-refractivity contribution in [2.24, 2.45) is 5.73 Å². The quantitative estimate of drug-likeness (QED) is 0.475. The first kappa shape index (κ1) is 18.2. The summed E-state index contributed by atoms with van der Waals surface area (Å²) >= 11 is 0. The van der Waals surface area contributed by atoms with E-state index in [2.05, 4.69) is 4.98 Å². The number of nitrogens with zero attached hydrogens (tertiary/aromatic N) is 3. The largest absolute Gasteiger partial charge is 0.491 e. The van der Waals surface area contributed by atoms with Crippen molar-refractivity contribution in [3.8, 4) is 22.9 Å². The molecule has 4 rings (SSSR count). The van der Waals surface area contributed by atoms with Gasteiger partial charge in [-0.25, -0.2) is 9.97 Å². The van der Waals surface area contributed by atoms with Crippen LogP contribution in [0.25, 0.3) is 27.9 Å². The molecule has 0 aliphatic carbocycles. The summed E-state index contributed by atoms with van der Waals surface area (Å²) in [6.45, 7) is 1.95. The average Bonchev–Trinajstić information content (AvgIpc) is 3.15. The van der Waals surface area contributed by atoms with Crippen LogP contribution in [0.3, 0.4) is 0 Å². The maximum absolute atomic E-state index is 5.75. The minimum Gasteiger partial charge on any atom is -0.491 e. The van der Waals surface area contributed by atoms with Crippen LogP contribution >= 0.6 is 0 Å². The molecule has 0 amide bonds. The second-order valence-corrected chi connectivity index (χ2v) is 6.24. The molecular formula is C21H22N4O3. The molecule has 0 saturated heterocycles. The van der Waals surface area contributed by atoms with Crippen LogP contribution in [0.1, 0.15) is 0 Å². The highest BCUT2D eigenvalue weighted by Crippen LogP contribution is 2.28. The van der Waals surface area contributed by atoms with E-state index in [0.29, 0.717) is 26.4 Å². The van der Waals surface area contributed by atoms with E-state index in [0.717, 1.165) is 39.4 Å². The van der Waals surface area contributed by atoms with E-state index in [4.69, 9.17) is 24.9 Å². The van der Waals surface area contributed by atoms with E-state index in [9.17, 15) is 0 Å². The maximum atomic E-state index is 5.75. The van der Waals surface area contributed by atoms with E-state index < -0.39 is 0 Å². The SMILES string of the molecule is COCCOc1ccn2c(-c3ccc4cccc(OCCN)c4n3)cnc2c1. The van der Waals surface area contributed by atoms with Gasteiger partial charge in [0.15, 0.2) is 0 Å². The van der Waals surface area contributed by atoms with Crippen LogP contribution in [-0.2, 0) is 4.74 Å². The van der Waals surface area contributed by atoms with Gasteiger partial charge >= 0.3 is 0 Å². The molecule has 0 fully saturated rings. The molecule has 0 saturated carbocycles. The molecule has 0 radical (unpaired) electrons. The summed E-state index contributed by atoms with van der Waals surface area (Å²) in [6, 6.07) is 13.7. The molecule has 2 N–H and O–H groups in total. The van der Waals surface area contributed by atoms with Crippen LogP contribution < -0.4 is 15.2 Å². The van der Waals surface area contributed by atoms with Gasteiger partial charge in [-0.1, -0.05) is 18.2 Å². The Balaban J connectivity index is 1.70. The zero-order valence-electron chi connectivity index (χ0n) is 15.7. The molecule has 0 aliphatic rings. The highest BCUT2D eigenvalue weighted by atomic mass is 16.5. The Morgan fingerprint density at radius 3 is 2.82 bits per heavy atom. The molecule has 4 aromatic rings. The fourth-order valence-corrected chi connectivity index (χ4v) is 3.03. The van der Waals surface area contributed by atoms with Crippen LogP contribution in [0.2, 0.25) is 0 Å². The molecule has 1 aromatic carbocycles. The molecule has 0 atom stereocenters. The number of nitrogens with two attached hydrogens (primary N) is 1. The van der Waals surface area contributed by atoms with Gasteiger partial charge in [-0.15, -0.1) is 0 Å². The molecule has 0 unspecified atom stereocenters. The Hall–Kier alpha value is -3.16. The summed E-state index contributed by atoms with van der Waals surface area (Å²) in [6.07, 6.45) is 3.74. The number of aromatic nitrogens is 3. The molecule has 3 aromatic heterocycles. The van der Waals surface area contributed by atoms with Crippen molar-refractivity contribution in [1.29, 1.82) is 0 Å². The summed E-state index contributed by atoms with van der Waals surface area (Å²) in [5.41, 5.74) is 8.88. The second kappa shape index (κ2) is 8.24. The molecule has 0 bridgehead atoms. The van der Waals surface area contributed by atoms with Crippen molar-refractivity contribution in [3.63, 3.8) is 0 Å². The van der Waals surface area contributed by atoms with Gasteiger partial charge in [0.2, 0.25) is 0 Å². The number of rotatable bonds is 8. The number of imidazole rings is 1. The normalized spacial score (nSPS) is 11.2. The number of methoxy groups -OCH3 is 1. The Kier molecular flexibility index (Phi) is 5.36. The predicted molar refractivity (Wildman–Crippen MR) is 108 cm³/mol. The van der Waals surface area contributed by atoms with Crippen LogP contribution in [0, 0.1) is 0 Å². The molecule has 0 spiro atoms. The smallest absolute Gasteiger partial charge is 0.145 e. The van der Waals surface area contributed by atoms with Gasteiger partial charge < -0.3 is 19.9 Å². The Morgan fingerprint density at radius 2 is 1.96 bits per heavy atom. The van der Waals surface area contributed by atoms with E-state index in [1.54, 1.807) is 7.11 Å². The number of benzene rings is 1. The van der Waals surface area contributed by atoms with Gasteiger partial charge in [0.25, 0.3) is 0 Å². The summed E-state index contributed by atoms with van der Waals surface area (Å²) < 4.78 is 18.4. The van der Waals surface area contributed by atoms with Crippen LogP contribution in [-0.4, -0.2) is 47.8 Å².